The number of thioether (sulfide) groups is 1. The molecule has 2 aromatic rings. The molecule has 138 valence electrons. The molecule has 0 saturated heterocycles. The van der Waals surface area contributed by atoms with E-state index in [0.29, 0.717) is 10.7 Å². The predicted molar refractivity (Wildman–Crippen MR) is 95.3 cm³/mol. The largest absolute Gasteiger partial charge is 0.550 e. The van der Waals surface area contributed by atoms with Gasteiger partial charge in [-0.25, -0.2) is 0 Å². The molecule has 3 N–H and O–H groups in total. The number of aliphatic carboxylic acids is 1. The molecule has 0 bridgehead atoms. The number of benzene rings is 1. The molecule has 0 unspecified atom stereocenters. The van der Waals surface area contributed by atoms with Crippen LogP contribution in [0.2, 0.25) is 5.02 Å². The third-order valence-corrected chi connectivity index (χ3v) is 4.72. The van der Waals surface area contributed by atoms with Crippen LogP contribution in [0.4, 0.5) is 5.69 Å². The van der Waals surface area contributed by atoms with Crippen molar-refractivity contribution in [2.75, 3.05) is 16.9 Å². The summed E-state index contributed by atoms with van der Waals surface area (Å²) >= 11 is 6.92. The van der Waals surface area contributed by atoms with Gasteiger partial charge in [-0.15, -0.1) is 10.2 Å². The van der Waals surface area contributed by atoms with Gasteiger partial charge in [0.2, 0.25) is 11.1 Å². The summed E-state index contributed by atoms with van der Waals surface area (Å²) in [4.78, 5) is 34.5. The zero-order chi connectivity index (χ0) is 19.3. The van der Waals surface area contributed by atoms with Crippen LogP contribution in [0.3, 0.4) is 0 Å². The molecule has 2 rings (SSSR count). The van der Waals surface area contributed by atoms with Gasteiger partial charge < -0.3 is 21.1 Å². The number of hydrogen-bond donors (Lipinski definition) is 2. The molecule has 0 aliphatic rings. The molecule has 0 fully saturated rings. The molecule has 0 radical (unpaired) electrons. The number of halogens is 1. The highest BCUT2D eigenvalue weighted by molar-refractivity contribution is 7.99. The van der Waals surface area contributed by atoms with Crippen molar-refractivity contribution in [2.24, 2.45) is 0 Å². The number of nitrogens with two attached hydrogens (primary N) is 1. The average molecular weight is 397 g/mol. The highest BCUT2D eigenvalue weighted by Gasteiger charge is 2.13. The van der Waals surface area contributed by atoms with Gasteiger partial charge in [0.1, 0.15) is 5.69 Å². The second-order valence-corrected chi connectivity index (χ2v) is 6.58. The molecule has 11 heteroatoms. The predicted octanol–water partition coefficient (Wildman–Crippen LogP) is -0.273. The summed E-state index contributed by atoms with van der Waals surface area (Å²) < 4.78 is 0.736. The van der Waals surface area contributed by atoms with Gasteiger partial charge in [-0.1, -0.05) is 29.4 Å². The van der Waals surface area contributed by atoms with Crippen molar-refractivity contribution in [1.29, 1.82) is 0 Å². The number of nitrogens with one attached hydrogen (secondary N) is 1. The molecule has 9 nitrogen and oxygen atoms in total. The SMILES string of the molecule is Cc1c(Cl)cccc1NC(=O)CSc1nnc(CCC(=O)[O-])c(=O)n1N. The van der Waals surface area contributed by atoms with Gasteiger partial charge in [0.15, 0.2) is 0 Å². The minimum Gasteiger partial charge on any atom is -0.550 e. The number of nitrogen functional groups attached to an aromatic ring is 1. The van der Waals surface area contributed by atoms with Crippen LogP contribution in [-0.4, -0.2) is 32.5 Å². The van der Waals surface area contributed by atoms with Crippen molar-refractivity contribution < 1.29 is 14.7 Å². The van der Waals surface area contributed by atoms with Gasteiger partial charge in [0.05, 0.1) is 5.75 Å². The first-order valence-corrected chi connectivity index (χ1v) is 8.77. The fraction of sp³-hybridized carbons (Fsp3) is 0.267. The summed E-state index contributed by atoms with van der Waals surface area (Å²) in [5.74, 6) is 3.94. The van der Waals surface area contributed by atoms with E-state index in [1.807, 2.05) is 0 Å². The van der Waals surface area contributed by atoms with E-state index in [4.69, 9.17) is 17.4 Å². The van der Waals surface area contributed by atoms with Crippen LogP contribution in [0.15, 0.2) is 28.2 Å². The molecule has 1 aromatic heterocycles. The molecule has 0 atom stereocenters. The third kappa shape index (κ3) is 4.96. The Balaban J connectivity index is 2.01. The molecule has 0 saturated carbocycles. The van der Waals surface area contributed by atoms with Crippen LogP contribution in [0, 0.1) is 6.92 Å². The smallest absolute Gasteiger partial charge is 0.294 e. The van der Waals surface area contributed by atoms with Gasteiger partial charge in [-0.3, -0.25) is 9.59 Å². The average Bonchev–Trinajstić information content (AvgIpc) is 2.59. The Morgan fingerprint density at radius 2 is 2.12 bits per heavy atom. The lowest BCUT2D eigenvalue weighted by Crippen LogP contribution is -2.34. The first-order chi connectivity index (χ1) is 12.3. The van der Waals surface area contributed by atoms with E-state index in [0.717, 1.165) is 22.0 Å². The van der Waals surface area contributed by atoms with Gasteiger partial charge in [-0.2, -0.15) is 4.68 Å². The van der Waals surface area contributed by atoms with E-state index in [2.05, 4.69) is 15.5 Å². The Morgan fingerprint density at radius 1 is 1.38 bits per heavy atom. The van der Waals surface area contributed by atoms with E-state index in [1.54, 1.807) is 25.1 Å². The van der Waals surface area contributed by atoms with Crippen LogP contribution in [0.25, 0.3) is 0 Å². The zero-order valence-electron chi connectivity index (χ0n) is 13.7. The van der Waals surface area contributed by atoms with Gasteiger partial charge in [0, 0.05) is 23.1 Å². The maximum absolute atomic E-state index is 12.1. The second kappa shape index (κ2) is 8.68. The molecule has 0 aliphatic heterocycles. The van der Waals surface area contributed by atoms with Crippen LogP contribution in [0.1, 0.15) is 17.7 Å². The monoisotopic (exact) mass is 396 g/mol. The molecule has 0 aliphatic carbocycles. The first kappa shape index (κ1) is 19.7. The number of aryl methyl sites for hydroxylation is 1. The lowest BCUT2D eigenvalue weighted by Gasteiger charge is -2.10. The Labute approximate surface area is 157 Å². The fourth-order valence-corrected chi connectivity index (χ4v) is 2.78. The highest BCUT2D eigenvalue weighted by Crippen LogP contribution is 2.23. The van der Waals surface area contributed by atoms with Crippen molar-refractivity contribution in [3.63, 3.8) is 0 Å². The number of carbonyl (C=O) groups excluding carboxylic acids is 2. The first-order valence-electron chi connectivity index (χ1n) is 7.41. The van der Waals surface area contributed by atoms with E-state index < -0.39 is 11.5 Å². The van der Waals surface area contributed by atoms with E-state index in [-0.39, 0.29) is 35.4 Å². The van der Waals surface area contributed by atoms with E-state index >= 15 is 0 Å². The molecule has 1 aromatic carbocycles. The number of rotatable bonds is 7. The standard InChI is InChI=1S/C15H16ClN5O4S/c1-8-9(16)3-2-4-10(8)18-12(22)7-26-15-20-19-11(5-6-13(23)24)14(25)21(15)17/h2-4H,5-7,17H2,1H3,(H,18,22)(H,23,24)/p-1. The lowest BCUT2D eigenvalue weighted by molar-refractivity contribution is -0.305. The van der Waals surface area contributed by atoms with Gasteiger partial charge >= 0.3 is 0 Å². The number of nitrogens with zero attached hydrogens (tertiary/aromatic N) is 3. The van der Waals surface area contributed by atoms with E-state index in [9.17, 15) is 19.5 Å². The number of aromatic nitrogens is 3. The zero-order valence-corrected chi connectivity index (χ0v) is 15.3. The maximum atomic E-state index is 12.1. The molecule has 1 amide bonds. The maximum Gasteiger partial charge on any atom is 0.294 e. The number of carbonyl (C=O) groups is 2. The number of carboxylic acids is 1. The summed E-state index contributed by atoms with van der Waals surface area (Å²) in [6, 6.07) is 5.15. The number of amides is 1. The Morgan fingerprint density at radius 3 is 2.81 bits per heavy atom. The second-order valence-electron chi connectivity index (χ2n) is 5.23. The molecule has 0 spiro atoms. The quantitative estimate of drug-likeness (QED) is 0.480. The third-order valence-electron chi connectivity index (χ3n) is 3.37. The van der Waals surface area contributed by atoms with E-state index in [1.165, 1.54) is 0 Å². The minimum absolute atomic E-state index is 0.0326. The minimum atomic E-state index is -1.30. The van der Waals surface area contributed by atoms with Crippen molar-refractivity contribution in [3.8, 4) is 0 Å². The Kier molecular flexibility index (Phi) is 6.58. The van der Waals surface area contributed by atoms with Crippen LogP contribution in [0.5, 0.6) is 0 Å². The molecular formula is C15H15ClN5O4S-. The number of anilines is 1. The summed E-state index contributed by atoms with van der Waals surface area (Å²) in [6.45, 7) is 1.78. The summed E-state index contributed by atoms with van der Waals surface area (Å²) in [5.41, 5.74) is 0.562. The topological polar surface area (TPSA) is 143 Å². The van der Waals surface area contributed by atoms with Crippen LogP contribution >= 0.6 is 23.4 Å². The molecule has 1 heterocycles. The number of carboxylic acid groups (broad SMARTS) is 1. The Bertz CT molecular complexity index is 902. The van der Waals surface area contributed by atoms with Crippen LogP contribution in [-0.2, 0) is 16.0 Å². The van der Waals surface area contributed by atoms with Crippen molar-refractivity contribution >= 4 is 40.9 Å². The van der Waals surface area contributed by atoms with Crippen LogP contribution < -0.4 is 21.8 Å². The number of hydrogen-bond acceptors (Lipinski definition) is 8. The van der Waals surface area contributed by atoms with Crippen molar-refractivity contribution in [1.82, 2.24) is 14.9 Å². The van der Waals surface area contributed by atoms with Crippen molar-refractivity contribution in [2.45, 2.75) is 24.9 Å². The molecule has 26 heavy (non-hydrogen) atoms. The van der Waals surface area contributed by atoms with Gasteiger partial charge in [0.25, 0.3) is 5.56 Å². The summed E-state index contributed by atoms with van der Waals surface area (Å²) in [7, 11) is 0. The highest BCUT2D eigenvalue weighted by atomic mass is 35.5. The summed E-state index contributed by atoms with van der Waals surface area (Å²) in [6.07, 6.45) is -0.497. The lowest BCUT2D eigenvalue weighted by atomic mass is 10.2. The van der Waals surface area contributed by atoms with Crippen molar-refractivity contribution in [3.05, 3.63) is 44.8 Å². The van der Waals surface area contributed by atoms with Gasteiger partial charge in [-0.05, 0) is 31.0 Å². The molecular weight excluding hydrogens is 382 g/mol. The Hall–Kier alpha value is -2.59. The fourth-order valence-electron chi connectivity index (χ4n) is 1.96. The summed E-state index contributed by atoms with van der Waals surface area (Å²) in [5, 5.41) is 21.2. The normalized spacial score (nSPS) is 10.5.